The van der Waals surface area contributed by atoms with Crippen molar-refractivity contribution >= 4 is 0 Å². The highest BCUT2D eigenvalue weighted by Crippen LogP contribution is 2.29. The number of hydrogen-bond acceptors (Lipinski definition) is 9. The van der Waals surface area contributed by atoms with Crippen molar-refractivity contribution < 1.29 is 0 Å². The lowest BCUT2D eigenvalue weighted by Crippen LogP contribution is -2.11. The van der Waals surface area contributed by atoms with Gasteiger partial charge < -0.3 is 0 Å². The Hall–Kier alpha value is -8.25. The van der Waals surface area contributed by atoms with Crippen molar-refractivity contribution in [1.29, 1.82) is 0 Å². The van der Waals surface area contributed by atoms with Crippen molar-refractivity contribution in [2.75, 3.05) is 0 Å². The number of rotatable bonds is 15. The molecule has 0 atom stereocenters. The zero-order valence-corrected chi connectivity index (χ0v) is 40.0. The number of hydrogen-bond donors (Lipinski definition) is 0. The fraction of sp³-hybridized carbons (Fsp3) is 0.211. The molecule has 0 amide bonds. The summed E-state index contributed by atoms with van der Waals surface area (Å²) in [5.74, 6) is 4.85. The smallest absolute Gasteiger partial charge is 0.168 e. The van der Waals surface area contributed by atoms with Crippen molar-refractivity contribution in [1.82, 2.24) is 59.2 Å². The minimum Gasteiger partial charge on any atom is -0.281 e. The Morgan fingerprint density at radius 3 is 0.797 bits per heavy atom. The van der Waals surface area contributed by atoms with Gasteiger partial charge >= 0.3 is 0 Å². The first-order valence-corrected chi connectivity index (χ1v) is 23.6. The number of benzene rings is 6. The predicted octanol–water partition coefficient (Wildman–Crippen LogP) is 10.8. The predicted molar refractivity (Wildman–Crippen MR) is 271 cm³/mol. The number of nitrogens with zero attached hydrogens (tertiary/aromatic N) is 12. The standard InChI is InChI=1S/C57H54N12/c1-37-10-7-11-38(2)52(37)67-34-58-64-55(67)46-25-16-43(17-26-46)22-31-49-61-50(32-23-44-18-27-47(28-19-44)56-65-59-35-68(56)53-39(3)12-8-13-40(53)4)63-51(62-49)33-24-45-20-29-48(30-21-45)57-66-60-36-69(57)54-41(5)14-9-15-42(54)6/h7-21,25-30,34-36H,22-24,31-33H2,1-6H3. The summed E-state index contributed by atoms with van der Waals surface area (Å²) in [4.78, 5) is 15.2. The van der Waals surface area contributed by atoms with E-state index in [4.69, 9.17) is 15.0 Å². The molecule has 0 saturated heterocycles. The molecule has 4 heterocycles. The molecule has 12 nitrogen and oxygen atoms in total. The highest BCUT2D eigenvalue weighted by atomic mass is 15.3. The van der Waals surface area contributed by atoms with Crippen LogP contribution in [-0.4, -0.2) is 59.2 Å². The lowest BCUT2D eigenvalue weighted by molar-refractivity contribution is 0.721. The molecule has 0 radical (unpaired) electrons. The lowest BCUT2D eigenvalue weighted by atomic mass is 10.0. The molecule has 0 aliphatic carbocycles. The van der Waals surface area contributed by atoms with Gasteiger partial charge in [0.1, 0.15) is 36.5 Å². The van der Waals surface area contributed by atoms with E-state index < -0.39 is 0 Å². The maximum absolute atomic E-state index is 5.06. The summed E-state index contributed by atoms with van der Waals surface area (Å²) >= 11 is 0. The van der Waals surface area contributed by atoms with Crippen molar-refractivity contribution in [2.24, 2.45) is 0 Å². The van der Waals surface area contributed by atoms with E-state index in [2.05, 4.69) is 213 Å². The largest absolute Gasteiger partial charge is 0.281 e. The van der Waals surface area contributed by atoms with Crippen molar-refractivity contribution in [3.63, 3.8) is 0 Å². The molecule has 0 aliphatic rings. The van der Waals surface area contributed by atoms with Gasteiger partial charge in [0.05, 0.1) is 17.1 Å². The van der Waals surface area contributed by atoms with E-state index in [1.807, 2.05) is 0 Å². The third-order valence-corrected chi connectivity index (χ3v) is 13.0. The molecule has 69 heavy (non-hydrogen) atoms. The summed E-state index contributed by atoms with van der Waals surface area (Å²) in [6.07, 6.45) is 9.80. The minimum atomic E-state index is 0.686. The average molecular weight is 907 g/mol. The van der Waals surface area contributed by atoms with E-state index in [-0.39, 0.29) is 0 Å². The van der Waals surface area contributed by atoms with Gasteiger partial charge in [-0.1, -0.05) is 127 Å². The fourth-order valence-electron chi connectivity index (χ4n) is 9.43. The van der Waals surface area contributed by atoms with Crippen molar-refractivity contribution in [2.45, 2.75) is 80.1 Å². The maximum atomic E-state index is 5.06. The molecule has 0 unspecified atom stereocenters. The van der Waals surface area contributed by atoms with Crippen molar-refractivity contribution in [3.8, 4) is 51.2 Å². The second-order valence-corrected chi connectivity index (χ2v) is 18.0. The van der Waals surface area contributed by atoms with Gasteiger partial charge in [-0.2, -0.15) is 0 Å². The van der Waals surface area contributed by atoms with Gasteiger partial charge in [0.15, 0.2) is 17.5 Å². The Bertz CT molecular complexity index is 2960. The highest BCUT2D eigenvalue weighted by molar-refractivity contribution is 5.63. The number of para-hydroxylation sites is 3. The van der Waals surface area contributed by atoms with Crippen LogP contribution in [0.5, 0.6) is 0 Å². The summed E-state index contributed by atoms with van der Waals surface area (Å²) in [6, 6.07) is 44.8. The normalized spacial score (nSPS) is 11.4. The Kier molecular flexibility index (Phi) is 12.6. The first kappa shape index (κ1) is 44.6. The van der Waals surface area contributed by atoms with E-state index in [1.54, 1.807) is 19.0 Å². The fourth-order valence-corrected chi connectivity index (χ4v) is 9.43. The van der Waals surface area contributed by atoms with Gasteiger partial charge in [-0.3, -0.25) is 13.7 Å². The second kappa shape index (κ2) is 19.5. The molecular formula is C57H54N12. The molecule has 0 fully saturated rings. The molecule has 342 valence electrons. The van der Waals surface area contributed by atoms with Gasteiger partial charge in [0, 0.05) is 36.0 Å². The molecule has 0 spiro atoms. The average Bonchev–Trinajstić information content (AvgIpc) is 4.16. The highest BCUT2D eigenvalue weighted by Gasteiger charge is 2.17. The first-order chi connectivity index (χ1) is 33.7. The lowest BCUT2D eigenvalue weighted by Gasteiger charge is -2.13. The summed E-state index contributed by atoms with van der Waals surface area (Å²) in [7, 11) is 0. The summed E-state index contributed by atoms with van der Waals surface area (Å²) in [6.45, 7) is 12.7. The van der Waals surface area contributed by atoms with Crippen LogP contribution in [0, 0.1) is 41.5 Å². The molecule has 6 aromatic carbocycles. The molecule has 10 aromatic rings. The molecule has 4 aromatic heterocycles. The van der Waals surface area contributed by atoms with Crippen LogP contribution in [0.1, 0.15) is 67.5 Å². The monoisotopic (exact) mass is 906 g/mol. The molecule has 0 saturated carbocycles. The Morgan fingerprint density at radius 2 is 0.551 bits per heavy atom. The van der Waals surface area contributed by atoms with Crippen LogP contribution in [0.3, 0.4) is 0 Å². The molecule has 0 bridgehead atoms. The topological polar surface area (TPSA) is 131 Å². The number of aromatic nitrogens is 12. The van der Waals surface area contributed by atoms with E-state index in [0.717, 1.165) is 88.0 Å². The second-order valence-electron chi connectivity index (χ2n) is 18.0. The van der Waals surface area contributed by atoms with Crippen LogP contribution in [0.15, 0.2) is 146 Å². The van der Waals surface area contributed by atoms with Crippen LogP contribution >= 0.6 is 0 Å². The molecule has 12 heteroatoms. The summed E-state index contributed by atoms with van der Waals surface area (Å²) in [5.41, 5.74) is 17.0. The number of aryl methyl sites for hydroxylation is 12. The third kappa shape index (κ3) is 9.51. The quantitative estimate of drug-likeness (QED) is 0.0986. The Balaban J connectivity index is 0.864. The van der Waals surface area contributed by atoms with E-state index in [0.29, 0.717) is 19.3 Å². The van der Waals surface area contributed by atoms with E-state index in [1.165, 1.54) is 50.1 Å². The van der Waals surface area contributed by atoms with Crippen LogP contribution < -0.4 is 0 Å². The van der Waals surface area contributed by atoms with Crippen LogP contribution in [0.2, 0.25) is 0 Å². The maximum Gasteiger partial charge on any atom is 0.168 e. The van der Waals surface area contributed by atoms with Gasteiger partial charge in [0.25, 0.3) is 0 Å². The third-order valence-electron chi connectivity index (χ3n) is 13.0. The Labute approximate surface area is 402 Å². The van der Waals surface area contributed by atoms with Gasteiger partial charge in [0.2, 0.25) is 0 Å². The molecule has 10 rings (SSSR count). The van der Waals surface area contributed by atoms with Crippen LogP contribution in [0.4, 0.5) is 0 Å². The first-order valence-electron chi connectivity index (χ1n) is 23.6. The molecular weight excluding hydrogens is 853 g/mol. The van der Waals surface area contributed by atoms with Gasteiger partial charge in [-0.25, -0.2) is 15.0 Å². The zero-order valence-electron chi connectivity index (χ0n) is 40.0. The van der Waals surface area contributed by atoms with Gasteiger partial charge in [-0.15, -0.1) is 30.6 Å². The summed E-state index contributed by atoms with van der Waals surface area (Å²) < 4.78 is 6.24. The van der Waals surface area contributed by atoms with Gasteiger partial charge in [-0.05, 0) is 111 Å². The minimum absolute atomic E-state index is 0.686. The Morgan fingerprint density at radius 1 is 0.304 bits per heavy atom. The molecule has 0 aliphatic heterocycles. The SMILES string of the molecule is Cc1cccc(C)c1-n1cnnc1-c1ccc(CCc2nc(CCc3ccc(-c4nncn4-c4c(C)cccc4C)cc3)nc(CCc3ccc(-c4nncn4-c4c(C)cccc4C)cc3)n2)cc1. The zero-order chi connectivity index (χ0) is 47.4. The summed E-state index contributed by atoms with van der Waals surface area (Å²) in [5, 5.41) is 26.4. The molecule has 0 N–H and O–H groups in total. The van der Waals surface area contributed by atoms with Crippen LogP contribution in [-0.2, 0) is 38.5 Å². The van der Waals surface area contributed by atoms with Crippen molar-refractivity contribution in [3.05, 3.63) is 214 Å². The van der Waals surface area contributed by atoms with E-state index >= 15 is 0 Å². The van der Waals surface area contributed by atoms with Crippen LogP contribution in [0.25, 0.3) is 51.2 Å². The van der Waals surface area contributed by atoms with E-state index in [9.17, 15) is 0 Å².